The second kappa shape index (κ2) is 11.5. The highest BCUT2D eigenvalue weighted by molar-refractivity contribution is 6.05. The average molecular weight is 541 g/mol. The molecule has 3 atom stereocenters. The highest BCUT2D eigenvalue weighted by Gasteiger charge is 2.39. The summed E-state index contributed by atoms with van der Waals surface area (Å²) in [6, 6.07) is 20.6. The van der Waals surface area contributed by atoms with Crippen molar-refractivity contribution in [1.82, 2.24) is 20.9 Å². The maximum Gasteiger partial charge on any atom is 0.255 e. The molecular weight excluding hydrogens is 512 g/mol. The first-order valence-corrected chi connectivity index (χ1v) is 12.9. The zero-order valence-corrected chi connectivity index (χ0v) is 21.5. The van der Waals surface area contributed by atoms with Gasteiger partial charge in [0.25, 0.3) is 11.8 Å². The van der Waals surface area contributed by atoms with Crippen LogP contribution in [0.2, 0.25) is 0 Å². The van der Waals surface area contributed by atoms with Crippen molar-refractivity contribution in [3.8, 4) is 0 Å². The number of fused-ring (bicyclic) bond motifs is 1. The Morgan fingerprint density at radius 3 is 2.27 bits per heavy atom. The Morgan fingerprint density at radius 2 is 1.60 bits per heavy atom. The van der Waals surface area contributed by atoms with E-state index < -0.39 is 35.9 Å². The molecule has 0 radical (unpaired) electrons. The van der Waals surface area contributed by atoms with Gasteiger partial charge in [0.2, 0.25) is 17.7 Å². The highest BCUT2D eigenvalue weighted by Crippen LogP contribution is 2.28. The number of carbonyl (C=O) groups is 5. The molecule has 2 aliphatic heterocycles. The molecule has 10 nitrogen and oxygen atoms in total. The number of benzene rings is 3. The van der Waals surface area contributed by atoms with E-state index in [4.69, 9.17) is 0 Å². The molecule has 3 aromatic rings. The van der Waals surface area contributed by atoms with Crippen LogP contribution in [0.1, 0.15) is 57.6 Å². The van der Waals surface area contributed by atoms with Crippen LogP contribution in [0.15, 0.2) is 78.9 Å². The molecule has 40 heavy (non-hydrogen) atoms. The predicted molar refractivity (Wildman–Crippen MR) is 143 cm³/mol. The largest absolute Gasteiger partial charge is 0.378 e. The highest BCUT2D eigenvalue weighted by atomic mass is 16.3. The molecule has 1 saturated heterocycles. The first-order chi connectivity index (χ1) is 19.3. The van der Waals surface area contributed by atoms with Crippen molar-refractivity contribution in [1.29, 1.82) is 0 Å². The number of aliphatic hydroxyl groups is 1. The van der Waals surface area contributed by atoms with Crippen molar-refractivity contribution < 1.29 is 29.1 Å². The van der Waals surface area contributed by atoms with Crippen LogP contribution in [-0.4, -0.2) is 45.6 Å². The molecule has 1 fully saturated rings. The molecule has 2 aliphatic rings. The Bertz CT molecular complexity index is 1460. The van der Waals surface area contributed by atoms with Crippen LogP contribution < -0.4 is 16.0 Å². The van der Waals surface area contributed by atoms with Crippen LogP contribution in [0.25, 0.3) is 0 Å². The number of aliphatic hydroxyl groups excluding tert-OH is 1. The summed E-state index contributed by atoms with van der Waals surface area (Å²) in [5, 5.41) is 18.3. The lowest BCUT2D eigenvalue weighted by Gasteiger charge is -2.29. The lowest BCUT2D eigenvalue weighted by atomic mass is 10.0. The first-order valence-electron chi connectivity index (χ1n) is 12.9. The number of hydrogen-bond donors (Lipinski definition) is 4. The molecule has 204 valence electrons. The molecule has 0 bridgehead atoms. The quantitative estimate of drug-likeness (QED) is 0.320. The van der Waals surface area contributed by atoms with Crippen molar-refractivity contribution in [2.45, 2.75) is 44.1 Å². The van der Waals surface area contributed by atoms with Crippen molar-refractivity contribution >= 4 is 29.5 Å². The maximum absolute atomic E-state index is 13.3. The summed E-state index contributed by atoms with van der Waals surface area (Å²) in [6.45, 7) is 0.349. The lowest BCUT2D eigenvalue weighted by Crippen LogP contribution is -2.52. The zero-order valence-electron chi connectivity index (χ0n) is 21.5. The summed E-state index contributed by atoms with van der Waals surface area (Å²) in [7, 11) is 0. The lowest BCUT2D eigenvalue weighted by molar-refractivity contribution is -0.137. The minimum absolute atomic E-state index is 0.124. The number of rotatable bonds is 8. The third-order valence-electron chi connectivity index (χ3n) is 7.10. The molecule has 3 aromatic carbocycles. The van der Waals surface area contributed by atoms with Gasteiger partial charge >= 0.3 is 0 Å². The number of amides is 5. The van der Waals surface area contributed by atoms with E-state index in [0.717, 1.165) is 11.1 Å². The fourth-order valence-electron chi connectivity index (χ4n) is 4.98. The molecule has 0 aliphatic carbocycles. The smallest absolute Gasteiger partial charge is 0.255 e. The summed E-state index contributed by atoms with van der Waals surface area (Å²) < 4.78 is 0. The Balaban J connectivity index is 1.26. The monoisotopic (exact) mass is 540 g/mol. The molecule has 0 saturated carbocycles. The number of nitrogens with zero attached hydrogens (tertiary/aromatic N) is 1. The molecule has 4 N–H and O–H groups in total. The van der Waals surface area contributed by atoms with Crippen LogP contribution in [-0.2, 0) is 32.3 Å². The summed E-state index contributed by atoms with van der Waals surface area (Å²) in [6.07, 6.45) is -0.990. The van der Waals surface area contributed by atoms with Gasteiger partial charge in [0.05, 0.1) is 0 Å². The summed E-state index contributed by atoms with van der Waals surface area (Å²) in [4.78, 5) is 64.3. The van der Waals surface area contributed by atoms with E-state index >= 15 is 0 Å². The van der Waals surface area contributed by atoms with Gasteiger partial charge in [-0.2, -0.15) is 0 Å². The standard InChI is InChI=1S/C30H28N4O6/c35-24-14-13-23(27(37)32-24)34-17-21-15-18(11-12-22(21)30(34)40)16-31-28(38)25(19-7-3-1-4-8-19)33-29(39)26(36)20-9-5-2-6-10-20/h1-12,15,23,25-26,36H,13-14,16-17H2,(H,31,38)(H,33,39)(H,32,35,37)/t23?,25-,26?/m0/s1. The van der Waals surface area contributed by atoms with Crippen molar-refractivity contribution in [2.75, 3.05) is 0 Å². The van der Waals surface area contributed by atoms with Gasteiger partial charge in [-0.25, -0.2) is 0 Å². The fraction of sp³-hybridized carbons (Fsp3) is 0.233. The van der Waals surface area contributed by atoms with Gasteiger partial charge in [0.15, 0.2) is 6.10 Å². The summed E-state index contributed by atoms with van der Waals surface area (Å²) >= 11 is 0. The normalized spacial score (nSPS) is 18.0. The van der Waals surface area contributed by atoms with Gasteiger partial charge in [-0.3, -0.25) is 29.3 Å². The van der Waals surface area contributed by atoms with E-state index in [1.54, 1.807) is 78.9 Å². The topological polar surface area (TPSA) is 145 Å². The summed E-state index contributed by atoms with van der Waals surface area (Å²) in [5.41, 5.74) is 2.89. The van der Waals surface area contributed by atoms with Gasteiger partial charge in [-0.1, -0.05) is 72.8 Å². The molecule has 5 amide bonds. The number of imide groups is 1. The molecule has 0 aromatic heterocycles. The van der Waals surface area contributed by atoms with Crippen LogP contribution in [0.5, 0.6) is 0 Å². The van der Waals surface area contributed by atoms with Crippen LogP contribution >= 0.6 is 0 Å². The van der Waals surface area contributed by atoms with Gasteiger partial charge < -0.3 is 20.6 Å². The van der Waals surface area contributed by atoms with Gasteiger partial charge in [0, 0.05) is 25.1 Å². The number of carbonyl (C=O) groups excluding carboxylic acids is 5. The third-order valence-corrected chi connectivity index (χ3v) is 7.10. The van der Waals surface area contributed by atoms with Crippen molar-refractivity contribution in [2.24, 2.45) is 0 Å². The minimum atomic E-state index is -1.44. The Hall–Kier alpha value is -4.83. The summed E-state index contributed by atoms with van der Waals surface area (Å²) in [5.74, 6) is -2.27. The Labute approximate surface area is 230 Å². The van der Waals surface area contributed by atoms with E-state index in [-0.39, 0.29) is 37.7 Å². The van der Waals surface area contributed by atoms with Crippen LogP contribution in [0.4, 0.5) is 0 Å². The first kappa shape index (κ1) is 26.8. The van der Waals surface area contributed by atoms with E-state index in [1.165, 1.54) is 4.90 Å². The van der Waals surface area contributed by atoms with E-state index in [9.17, 15) is 29.1 Å². The maximum atomic E-state index is 13.3. The van der Waals surface area contributed by atoms with E-state index in [1.807, 2.05) is 0 Å². The molecule has 2 unspecified atom stereocenters. The second-order valence-electron chi connectivity index (χ2n) is 9.77. The molecule has 0 spiro atoms. The average Bonchev–Trinajstić information content (AvgIpc) is 3.30. The zero-order chi connectivity index (χ0) is 28.2. The molecule has 5 rings (SSSR count). The Kier molecular flexibility index (Phi) is 7.70. The van der Waals surface area contributed by atoms with Gasteiger partial charge in [-0.05, 0) is 34.7 Å². The molecule has 2 heterocycles. The number of hydrogen-bond acceptors (Lipinski definition) is 6. The number of piperidine rings is 1. The van der Waals surface area contributed by atoms with Crippen LogP contribution in [0.3, 0.4) is 0 Å². The van der Waals surface area contributed by atoms with Crippen molar-refractivity contribution in [3.63, 3.8) is 0 Å². The minimum Gasteiger partial charge on any atom is -0.378 e. The SMILES string of the molecule is O=C1CCC(N2Cc3cc(CNC(=O)[C@@H](NC(=O)C(O)c4ccccc4)c4ccccc4)ccc3C2=O)C(=O)N1. The van der Waals surface area contributed by atoms with E-state index in [0.29, 0.717) is 16.7 Å². The van der Waals surface area contributed by atoms with Gasteiger partial charge in [0.1, 0.15) is 12.1 Å². The molecule has 10 heteroatoms. The van der Waals surface area contributed by atoms with Crippen molar-refractivity contribution in [3.05, 3.63) is 107 Å². The number of nitrogens with one attached hydrogen (secondary N) is 3. The second-order valence-corrected chi connectivity index (χ2v) is 9.77. The predicted octanol–water partition coefficient (Wildman–Crippen LogP) is 1.65. The third kappa shape index (κ3) is 5.62. The Morgan fingerprint density at radius 1 is 0.925 bits per heavy atom. The van der Waals surface area contributed by atoms with E-state index in [2.05, 4.69) is 16.0 Å². The fourth-order valence-corrected chi connectivity index (χ4v) is 4.98. The van der Waals surface area contributed by atoms with Gasteiger partial charge in [-0.15, -0.1) is 0 Å². The van der Waals surface area contributed by atoms with Crippen LogP contribution in [0, 0.1) is 0 Å². The molecular formula is C30H28N4O6.